The van der Waals surface area contributed by atoms with Gasteiger partial charge < -0.3 is 9.47 Å². The van der Waals surface area contributed by atoms with Crippen LogP contribution in [0.15, 0.2) is 12.7 Å². The molecule has 0 aromatic heterocycles. The van der Waals surface area contributed by atoms with Crippen LogP contribution in [-0.2, 0) is 14.3 Å². The summed E-state index contributed by atoms with van der Waals surface area (Å²) in [6, 6.07) is 0. The Morgan fingerprint density at radius 2 is 1.03 bits per heavy atom. The van der Waals surface area contributed by atoms with Gasteiger partial charge in [-0.25, -0.2) is 4.79 Å². The van der Waals surface area contributed by atoms with E-state index in [0.29, 0.717) is 0 Å². The summed E-state index contributed by atoms with van der Waals surface area (Å²) in [5.41, 5.74) is 0. The average Bonchev–Trinajstić information content (AvgIpc) is 2.68. The SMILES string of the molecule is C=CC(=O)OC(COCCC(F)(F)C(F)(F)C(F)(F)C(F)(F)F)CC(F)(F)C(F)(F)C(F)(F)C(F)(F)F. The number of carbonyl (C=O) groups excluding carboxylic acids is 1. The molecule has 0 heterocycles. The molecule has 0 aromatic rings. The Bertz CT molecular complexity index is 798. The Morgan fingerprint density at radius 3 is 1.38 bits per heavy atom. The van der Waals surface area contributed by atoms with Gasteiger partial charge in [0, 0.05) is 12.5 Å². The Morgan fingerprint density at radius 1 is 0.649 bits per heavy atom. The number of hydrogen-bond donors (Lipinski definition) is 0. The zero-order valence-corrected chi connectivity index (χ0v) is 17.2. The third-order valence-corrected chi connectivity index (χ3v) is 4.22. The van der Waals surface area contributed by atoms with Crippen LogP contribution >= 0.6 is 0 Å². The number of rotatable bonds is 13. The van der Waals surface area contributed by atoms with Crippen LogP contribution in [0.4, 0.5) is 79.0 Å². The molecule has 37 heavy (non-hydrogen) atoms. The first-order chi connectivity index (χ1) is 16.0. The predicted molar refractivity (Wildman–Crippen MR) is 81.9 cm³/mol. The summed E-state index contributed by atoms with van der Waals surface area (Å²) in [7, 11) is 0. The molecule has 0 bridgehead atoms. The van der Waals surface area contributed by atoms with E-state index in [1.165, 1.54) is 0 Å². The van der Waals surface area contributed by atoms with Gasteiger partial charge in [-0.15, -0.1) is 0 Å². The first-order valence-corrected chi connectivity index (χ1v) is 8.84. The van der Waals surface area contributed by atoms with Crippen LogP contribution in [-0.4, -0.2) is 73.2 Å². The second-order valence-corrected chi connectivity index (χ2v) is 6.99. The minimum Gasteiger partial charge on any atom is -0.457 e. The molecule has 3 nitrogen and oxygen atoms in total. The van der Waals surface area contributed by atoms with Crippen LogP contribution in [0.25, 0.3) is 0 Å². The van der Waals surface area contributed by atoms with Gasteiger partial charge in [0.1, 0.15) is 6.10 Å². The fourth-order valence-corrected chi connectivity index (χ4v) is 2.15. The van der Waals surface area contributed by atoms with Crippen molar-refractivity contribution in [2.45, 2.75) is 66.8 Å². The summed E-state index contributed by atoms with van der Waals surface area (Å²) in [6.45, 7) is -1.32. The topological polar surface area (TPSA) is 35.5 Å². The molecule has 0 aliphatic heterocycles. The van der Waals surface area contributed by atoms with E-state index in [1.54, 1.807) is 0 Å². The highest BCUT2D eigenvalue weighted by Gasteiger charge is 2.82. The van der Waals surface area contributed by atoms with Gasteiger partial charge in [0.2, 0.25) is 0 Å². The highest BCUT2D eigenvalue weighted by molar-refractivity contribution is 5.81. The maximum Gasteiger partial charge on any atom is 0.460 e. The molecular formula is C16H12F18O3. The molecule has 0 rings (SSSR count). The standard InChI is InChI=1S/C16H12F18O3/c1-2-8(35)37-7(5-10(19,20)12(23,24)14(27,28)16(32,33)34)6-36-4-3-9(17,18)11(21,22)13(25,26)15(29,30)31/h2,7H,1,3-6H2. The van der Waals surface area contributed by atoms with Gasteiger partial charge in [0.05, 0.1) is 19.6 Å². The number of halogens is 18. The van der Waals surface area contributed by atoms with Gasteiger partial charge >= 0.3 is 53.9 Å². The van der Waals surface area contributed by atoms with E-state index in [1.807, 2.05) is 0 Å². The van der Waals surface area contributed by atoms with Gasteiger partial charge in [-0.2, -0.15) is 79.0 Å². The zero-order valence-electron chi connectivity index (χ0n) is 17.2. The molecule has 1 atom stereocenters. The Hall–Kier alpha value is -2.09. The maximum absolute atomic E-state index is 13.7. The minimum atomic E-state index is -7.38. The summed E-state index contributed by atoms with van der Waals surface area (Å²) in [5, 5.41) is 0. The lowest BCUT2D eigenvalue weighted by atomic mass is 9.98. The molecule has 0 aliphatic carbocycles. The lowest BCUT2D eigenvalue weighted by Gasteiger charge is -2.35. The number of hydrogen-bond acceptors (Lipinski definition) is 3. The van der Waals surface area contributed by atoms with Crippen molar-refractivity contribution in [1.29, 1.82) is 0 Å². The molecule has 0 N–H and O–H groups in total. The van der Waals surface area contributed by atoms with Crippen molar-refractivity contribution in [2.75, 3.05) is 13.2 Å². The van der Waals surface area contributed by atoms with Crippen LogP contribution in [0.3, 0.4) is 0 Å². The molecule has 0 saturated carbocycles. The first-order valence-electron chi connectivity index (χ1n) is 8.84. The molecule has 0 aromatic carbocycles. The Balaban J connectivity index is 5.67. The second-order valence-electron chi connectivity index (χ2n) is 6.99. The van der Waals surface area contributed by atoms with Crippen molar-refractivity contribution in [2.24, 2.45) is 0 Å². The smallest absolute Gasteiger partial charge is 0.457 e. The third-order valence-electron chi connectivity index (χ3n) is 4.22. The van der Waals surface area contributed by atoms with Crippen LogP contribution in [0, 0.1) is 0 Å². The fraction of sp³-hybridized carbons (Fsp3) is 0.812. The van der Waals surface area contributed by atoms with Gasteiger partial charge in [-0.1, -0.05) is 6.58 Å². The third kappa shape index (κ3) is 6.87. The van der Waals surface area contributed by atoms with Crippen molar-refractivity contribution >= 4 is 5.97 Å². The van der Waals surface area contributed by atoms with Crippen molar-refractivity contribution in [3.63, 3.8) is 0 Å². The fourth-order valence-electron chi connectivity index (χ4n) is 2.15. The quantitative estimate of drug-likeness (QED) is 0.102. The molecule has 0 fully saturated rings. The summed E-state index contributed by atoms with van der Waals surface area (Å²) in [5.74, 6) is -43.5. The monoisotopic (exact) mass is 594 g/mol. The highest BCUT2D eigenvalue weighted by Crippen LogP contribution is 2.55. The van der Waals surface area contributed by atoms with Gasteiger partial charge in [-0.3, -0.25) is 0 Å². The zero-order chi connectivity index (χ0) is 30.1. The highest BCUT2D eigenvalue weighted by atomic mass is 19.4. The van der Waals surface area contributed by atoms with Crippen LogP contribution in [0.2, 0.25) is 0 Å². The molecular weight excluding hydrogens is 582 g/mol. The summed E-state index contributed by atoms with van der Waals surface area (Å²) in [6.07, 6.45) is -23.0. The lowest BCUT2D eigenvalue weighted by molar-refractivity contribution is -0.398. The molecule has 21 heteroatoms. The minimum absolute atomic E-state index is 0.0848. The van der Waals surface area contributed by atoms with E-state index in [2.05, 4.69) is 16.1 Å². The number of esters is 1. The van der Waals surface area contributed by atoms with Crippen molar-refractivity contribution < 1.29 is 93.3 Å². The van der Waals surface area contributed by atoms with Crippen LogP contribution in [0.5, 0.6) is 0 Å². The molecule has 1 unspecified atom stereocenters. The summed E-state index contributed by atoms with van der Waals surface area (Å²) < 4.78 is 239. The van der Waals surface area contributed by atoms with Gasteiger partial charge in [-0.05, 0) is 0 Å². The van der Waals surface area contributed by atoms with Crippen molar-refractivity contribution in [3.05, 3.63) is 12.7 Å². The summed E-state index contributed by atoms with van der Waals surface area (Å²) >= 11 is 0. The molecule has 0 amide bonds. The average molecular weight is 594 g/mol. The molecule has 0 saturated heterocycles. The van der Waals surface area contributed by atoms with E-state index < -0.39 is 86.0 Å². The Kier molecular flexibility index (Phi) is 9.99. The van der Waals surface area contributed by atoms with Crippen molar-refractivity contribution in [3.8, 4) is 0 Å². The first kappa shape index (κ1) is 34.9. The van der Waals surface area contributed by atoms with E-state index in [0.717, 1.165) is 0 Å². The number of alkyl halides is 18. The van der Waals surface area contributed by atoms with Crippen LogP contribution in [0.1, 0.15) is 12.8 Å². The number of ether oxygens (including phenoxy) is 2. The van der Waals surface area contributed by atoms with Gasteiger partial charge in [0.25, 0.3) is 0 Å². The second kappa shape index (κ2) is 10.6. The predicted octanol–water partition coefficient (Wildman–Crippen LogP) is 6.82. The molecule has 0 spiro atoms. The van der Waals surface area contributed by atoms with Crippen LogP contribution < -0.4 is 0 Å². The molecule has 220 valence electrons. The molecule has 0 radical (unpaired) electrons. The Labute approximate surface area is 193 Å². The lowest BCUT2D eigenvalue weighted by Crippen LogP contribution is -2.61. The maximum atomic E-state index is 13.7. The number of carbonyl (C=O) groups is 1. The summed E-state index contributed by atoms with van der Waals surface area (Å²) in [4.78, 5) is 11.1. The van der Waals surface area contributed by atoms with E-state index in [-0.39, 0.29) is 6.08 Å². The largest absolute Gasteiger partial charge is 0.460 e. The molecule has 0 aliphatic rings. The van der Waals surface area contributed by atoms with Gasteiger partial charge in [0.15, 0.2) is 0 Å². The van der Waals surface area contributed by atoms with E-state index in [4.69, 9.17) is 0 Å². The normalized spacial score (nSPS) is 15.9. The van der Waals surface area contributed by atoms with E-state index in [9.17, 15) is 83.8 Å². The van der Waals surface area contributed by atoms with E-state index >= 15 is 0 Å². The van der Waals surface area contributed by atoms with Crippen molar-refractivity contribution in [1.82, 2.24) is 0 Å².